The summed E-state index contributed by atoms with van der Waals surface area (Å²) in [5.41, 5.74) is 4.26. The van der Waals surface area contributed by atoms with E-state index in [0.717, 1.165) is 22.3 Å². The summed E-state index contributed by atoms with van der Waals surface area (Å²) in [5.74, 6) is -0.119. The molecule has 0 heterocycles. The van der Waals surface area contributed by atoms with E-state index in [4.69, 9.17) is 0 Å². The second kappa shape index (κ2) is 10.1. The summed E-state index contributed by atoms with van der Waals surface area (Å²) >= 11 is 0. The molecule has 150 valence electrons. The van der Waals surface area contributed by atoms with Gasteiger partial charge < -0.3 is 10.2 Å². The Morgan fingerprint density at radius 3 is 2.32 bits per heavy atom. The fourth-order valence-electron chi connectivity index (χ4n) is 3.34. The van der Waals surface area contributed by atoms with Crippen molar-refractivity contribution in [1.29, 1.82) is 0 Å². The summed E-state index contributed by atoms with van der Waals surface area (Å²) in [6.45, 7) is 10.3. The molecule has 0 unspecified atom stereocenters. The van der Waals surface area contributed by atoms with E-state index >= 15 is 0 Å². The zero-order chi connectivity index (χ0) is 20.7. The van der Waals surface area contributed by atoms with E-state index in [1.807, 2.05) is 71.0 Å². The van der Waals surface area contributed by atoms with Crippen molar-refractivity contribution >= 4 is 11.8 Å². The van der Waals surface area contributed by atoms with Gasteiger partial charge in [0, 0.05) is 12.6 Å². The zero-order valence-corrected chi connectivity index (χ0v) is 17.7. The van der Waals surface area contributed by atoms with Crippen LogP contribution >= 0.6 is 0 Å². The average Bonchev–Trinajstić information content (AvgIpc) is 2.64. The van der Waals surface area contributed by atoms with Crippen LogP contribution in [0.3, 0.4) is 0 Å². The van der Waals surface area contributed by atoms with E-state index in [1.54, 1.807) is 4.90 Å². The largest absolute Gasteiger partial charge is 0.352 e. The van der Waals surface area contributed by atoms with Gasteiger partial charge in [-0.25, -0.2) is 0 Å². The average molecular weight is 381 g/mol. The van der Waals surface area contributed by atoms with Gasteiger partial charge in [0.2, 0.25) is 11.8 Å². The summed E-state index contributed by atoms with van der Waals surface area (Å²) in [6, 6.07) is 15.6. The van der Waals surface area contributed by atoms with Gasteiger partial charge in [-0.15, -0.1) is 0 Å². The third-order valence-electron chi connectivity index (χ3n) is 4.86. The first-order chi connectivity index (χ1) is 13.3. The summed E-state index contributed by atoms with van der Waals surface area (Å²) in [6.07, 6.45) is 0.871. The Balaban J connectivity index is 2.31. The molecule has 0 aliphatic rings. The van der Waals surface area contributed by atoms with E-state index in [2.05, 4.69) is 17.4 Å². The fraction of sp³-hybridized carbons (Fsp3) is 0.417. The highest BCUT2D eigenvalue weighted by atomic mass is 16.2. The quantitative estimate of drug-likeness (QED) is 0.747. The normalized spacial score (nSPS) is 11.9. The number of benzene rings is 2. The van der Waals surface area contributed by atoms with E-state index in [9.17, 15) is 9.59 Å². The highest BCUT2D eigenvalue weighted by Gasteiger charge is 2.29. The van der Waals surface area contributed by atoms with Crippen molar-refractivity contribution in [3.8, 4) is 0 Å². The molecule has 0 aliphatic carbocycles. The first-order valence-corrected chi connectivity index (χ1v) is 10.0. The summed E-state index contributed by atoms with van der Waals surface area (Å²) < 4.78 is 0. The second-order valence-electron chi connectivity index (χ2n) is 7.70. The lowest BCUT2D eigenvalue weighted by molar-refractivity contribution is -0.141. The molecule has 0 saturated heterocycles. The van der Waals surface area contributed by atoms with E-state index in [-0.39, 0.29) is 17.9 Å². The second-order valence-corrected chi connectivity index (χ2v) is 7.70. The van der Waals surface area contributed by atoms with Crippen LogP contribution in [0.25, 0.3) is 0 Å². The Morgan fingerprint density at radius 2 is 1.71 bits per heavy atom. The van der Waals surface area contributed by atoms with Gasteiger partial charge in [-0.1, -0.05) is 61.0 Å². The summed E-state index contributed by atoms with van der Waals surface area (Å²) in [5, 5.41) is 2.97. The van der Waals surface area contributed by atoms with Gasteiger partial charge in [-0.3, -0.25) is 9.59 Å². The predicted octanol–water partition coefficient (Wildman–Crippen LogP) is 4.18. The Morgan fingerprint density at radius 1 is 1.04 bits per heavy atom. The van der Waals surface area contributed by atoms with Crippen molar-refractivity contribution in [2.24, 2.45) is 0 Å². The maximum Gasteiger partial charge on any atom is 0.243 e. The third-order valence-corrected chi connectivity index (χ3v) is 4.86. The van der Waals surface area contributed by atoms with Gasteiger partial charge in [-0.2, -0.15) is 0 Å². The van der Waals surface area contributed by atoms with Crippen LogP contribution in [-0.2, 0) is 22.6 Å². The van der Waals surface area contributed by atoms with Crippen molar-refractivity contribution in [3.63, 3.8) is 0 Å². The molecule has 0 aliphatic heterocycles. The summed E-state index contributed by atoms with van der Waals surface area (Å²) in [7, 11) is 0. The van der Waals surface area contributed by atoms with Crippen LogP contribution < -0.4 is 5.32 Å². The first kappa shape index (κ1) is 21.7. The molecule has 0 fully saturated rings. The Kier molecular flexibility index (Phi) is 7.80. The van der Waals surface area contributed by atoms with Gasteiger partial charge in [0.05, 0.1) is 6.42 Å². The Labute approximate surface area is 169 Å². The number of carbonyl (C=O) groups is 2. The van der Waals surface area contributed by atoms with Gasteiger partial charge >= 0.3 is 0 Å². The molecule has 2 amide bonds. The van der Waals surface area contributed by atoms with E-state index in [1.165, 1.54) is 0 Å². The molecule has 1 atom stereocenters. The molecule has 0 aromatic heterocycles. The van der Waals surface area contributed by atoms with E-state index in [0.29, 0.717) is 19.4 Å². The smallest absolute Gasteiger partial charge is 0.243 e. The standard InChI is InChI=1S/C24H32N2O2/c1-6-22(24(28)25-17(2)3)26(16-20-10-8-7-9-11-20)23(27)15-21-14-18(4)12-13-19(21)5/h7-14,17,22H,6,15-16H2,1-5H3,(H,25,28)/t22-/m1/s1. The van der Waals surface area contributed by atoms with Gasteiger partial charge in [0.15, 0.2) is 0 Å². The lowest BCUT2D eigenvalue weighted by Crippen LogP contribution is -2.50. The number of rotatable bonds is 8. The van der Waals surface area contributed by atoms with Crippen LogP contribution in [0, 0.1) is 13.8 Å². The lowest BCUT2D eigenvalue weighted by Gasteiger charge is -2.31. The minimum Gasteiger partial charge on any atom is -0.352 e. The van der Waals surface area contributed by atoms with Crippen molar-refractivity contribution in [2.75, 3.05) is 0 Å². The maximum absolute atomic E-state index is 13.3. The fourth-order valence-corrected chi connectivity index (χ4v) is 3.34. The van der Waals surface area contributed by atoms with Crippen molar-refractivity contribution in [3.05, 3.63) is 70.8 Å². The number of amides is 2. The van der Waals surface area contributed by atoms with Crippen LogP contribution in [0.15, 0.2) is 48.5 Å². The van der Waals surface area contributed by atoms with Crippen LogP contribution in [0.1, 0.15) is 49.4 Å². The van der Waals surface area contributed by atoms with Crippen LogP contribution in [0.4, 0.5) is 0 Å². The third kappa shape index (κ3) is 5.95. The lowest BCUT2D eigenvalue weighted by atomic mass is 10.0. The number of nitrogens with one attached hydrogen (secondary N) is 1. The minimum atomic E-state index is -0.486. The molecule has 0 radical (unpaired) electrons. The molecule has 0 bridgehead atoms. The molecule has 4 heteroatoms. The number of hydrogen-bond donors (Lipinski definition) is 1. The molecule has 2 aromatic rings. The van der Waals surface area contributed by atoms with E-state index < -0.39 is 6.04 Å². The van der Waals surface area contributed by atoms with Crippen LogP contribution in [-0.4, -0.2) is 28.8 Å². The number of aryl methyl sites for hydroxylation is 2. The SMILES string of the molecule is CC[C@H](C(=O)NC(C)C)N(Cc1ccccc1)C(=O)Cc1cc(C)ccc1C. The first-order valence-electron chi connectivity index (χ1n) is 10.0. The molecule has 4 nitrogen and oxygen atoms in total. The minimum absolute atomic E-state index is 0.0247. The highest BCUT2D eigenvalue weighted by molar-refractivity contribution is 5.88. The number of hydrogen-bond acceptors (Lipinski definition) is 2. The molecule has 2 aromatic carbocycles. The molecule has 28 heavy (non-hydrogen) atoms. The van der Waals surface area contributed by atoms with Crippen LogP contribution in [0.5, 0.6) is 0 Å². The summed E-state index contributed by atoms with van der Waals surface area (Å²) in [4.78, 5) is 27.8. The van der Waals surface area contributed by atoms with Crippen molar-refractivity contribution in [2.45, 2.75) is 66.1 Å². The zero-order valence-electron chi connectivity index (χ0n) is 17.7. The monoisotopic (exact) mass is 380 g/mol. The Bertz CT molecular complexity index is 800. The topological polar surface area (TPSA) is 49.4 Å². The molecular formula is C24H32N2O2. The van der Waals surface area contributed by atoms with Crippen LogP contribution in [0.2, 0.25) is 0 Å². The van der Waals surface area contributed by atoms with Crippen molar-refractivity contribution < 1.29 is 9.59 Å². The predicted molar refractivity (Wildman–Crippen MR) is 114 cm³/mol. The van der Waals surface area contributed by atoms with Crippen molar-refractivity contribution in [1.82, 2.24) is 10.2 Å². The molecular weight excluding hydrogens is 348 g/mol. The van der Waals surface area contributed by atoms with Gasteiger partial charge in [0.1, 0.15) is 6.04 Å². The van der Waals surface area contributed by atoms with Gasteiger partial charge in [-0.05, 0) is 50.8 Å². The highest BCUT2D eigenvalue weighted by Crippen LogP contribution is 2.17. The molecule has 0 spiro atoms. The number of carbonyl (C=O) groups excluding carboxylic acids is 2. The van der Waals surface area contributed by atoms with Gasteiger partial charge in [0.25, 0.3) is 0 Å². The number of nitrogens with zero attached hydrogens (tertiary/aromatic N) is 1. The molecule has 0 saturated carbocycles. The Hall–Kier alpha value is -2.62. The molecule has 2 rings (SSSR count). The maximum atomic E-state index is 13.3. The molecule has 1 N–H and O–H groups in total.